The normalized spacial score (nSPS) is 15.0. The maximum absolute atomic E-state index is 12.2. The van der Waals surface area contributed by atoms with Crippen LogP contribution in [0.5, 0.6) is 5.75 Å². The molecule has 3 aromatic carbocycles. The van der Waals surface area contributed by atoms with Crippen LogP contribution in [0.2, 0.25) is 0 Å². The van der Waals surface area contributed by atoms with Crippen molar-refractivity contribution in [3.05, 3.63) is 77.9 Å². The summed E-state index contributed by atoms with van der Waals surface area (Å²) >= 11 is 0. The molecule has 1 aliphatic rings. The molecule has 0 spiro atoms. The van der Waals surface area contributed by atoms with Gasteiger partial charge < -0.3 is 10.1 Å². The average molecular weight is 374 g/mol. The van der Waals surface area contributed by atoms with Crippen molar-refractivity contribution >= 4 is 16.7 Å². The largest absolute Gasteiger partial charge is 0.484 e. The summed E-state index contributed by atoms with van der Waals surface area (Å²) in [4.78, 5) is 14.6. The third-order valence-electron chi connectivity index (χ3n) is 5.47. The van der Waals surface area contributed by atoms with E-state index in [-0.39, 0.29) is 18.6 Å². The van der Waals surface area contributed by atoms with E-state index < -0.39 is 0 Å². The second-order valence-electron chi connectivity index (χ2n) is 7.44. The summed E-state index contributed by atoms with van der Waals surface area (Å²) in [6, 6.07) is 22.9. The summed E-state index contributed by atoms with van der Waals surface area (Å²) in [5.41, 5.74) is 2.84. The molecule has 4 nitrogen and oxygen atoms in total. The minimum Gasteiger partial charge on any atom is -0.484 e. The Morgan fingerprint density at radius 2 is 1.79 bits per heavy atom. The summed E-state index contributed by atoms with van der Waals surface area (Å²) in [7, 11) is 0. The van der Waals surface area contributed by atoms with Gasteiger partial charge in [-0.25, -0.2) is 0 Å². The topological polar surface area (TPSA) is 41.6 Å². The van der Waals surface area contributed by atoms with Gasteiger partial charge in [0, 0.05) is 25.7 Å². The summed E-state index contributed by atoms with van der Waals surface area (Å²) in [6.45, 7) is 4.80. The minimum absolute atomic E-state index is 0.0356. The van der Waals surface area contributed by atoms with E-state index in [9.17, 15) is 4.79 Å². The third kappa shape index (κ3) is 4.34. The van der Waals surface area contributed by atoms with Gasteiger partial charge in [-0.1, -0.05) is 54.6 Å². The first kappa shape index (κ1) is 18.5. The number of fused-ring (bicyclic) bond motifs is 2. The lowest BCUT2D eigenvalue weighted by atomic mass is 9.99. The van der Waals surface area contributed by atoms with E-state index >= 15 is 0 Å². The zero-order valence-corrected chi connectivity index (χ0v) is 16.2. The van der Waals surface area contributed by atoms with E-state index in [0.717, 1.165) is 36.0 Å². The number of nitrogens with zero attached hydrogens (tertiary/aromatic N) is 1. The van der Waals surface area contributed by atoms with Crippen molar-refractivity contribution in [1.82, 2.24) is 10.2 Å². The molecule has 1 N–H and O–H groups in total. The Kier molecular flexibility index (Phi) is 5.58. The Morgan fingerprint density at radius 1 is 1.04 bits per heavy atom. The third-order valence-corrected chi connectivity index (χ3v) is 5.47. The molecule has 1 aliphatic heterocycles. The molecule has 0 aliphatic carbocycles. The molecule has 0 unspecified atom stereocenters. The molecular weight excluding hydrogens is 348 g/mol. The number of ether oxygens (including phenoxy) is 1. The average Bonchev–Trinajstić information content (AvgIpc) is 2.75. The Bertz CT molecular complexity index is 969. The lowest BCUT2D eigenvalue weighted by molar-refractivity contribution is -0.123. The Hall–Kier alpha value is -2.85. The van der Waals surface area contributed by atoms with Crippen molar-refractivity contribution in [1.29, 1.82) is 0 Å². The van der Waals surface area contributed by atoms with Gasteiger partial charge in [-0.15, -0.1) is 0 Å². The highest BCUT2D eigenvalue weighted by molar-refractivity contribution is 5.84. The lowest BCUT2D eigenvalue weighted by Gasteiger charge is -2.33. The van der Waals surface area contributed by atoms with Gasteiger partial charge in [-0.05, 0) is 47.4 Å². The smallest absolute Gasteiger partial charge is 0.257 e. The summed E-state index contributed by atoms with van der Waals surface area (Å²) in [5, 5.41) is 5.28. The van der Waals surface area contributed by atoms with Crippen LogP contribution in [0.3, 0.4) is 0 Å². The summed E-state index contributed by atoms with van der Waals surface area (Å²) in [6.07, 6.45) is 1.07. The Balaban J connectivity index is 1.25. The van der Waals surface area contributed by atoms with Crippen molar-refractivity contribution in [2.24, 2.45) is 0 Å². The fraction of sp³-hybridized carbons (Fsp3) is 0.292. The van der Waals surface area contributed by atoms with Crippen LogP contribution in [0.25, 0.3) is 10.8 Å². The van der Waals surface area contributed by atoms with Gasteiger partial charge in [0.15, 0.2) is 6.61 Å². The first-order valence-electron chi connectivity index (χ1n) is 9.88. The minimum atomic E-state index is -0.0857. The SMILES string of the molecule is C[C@H](CNC(=O)COc1ccc2ccccc2c1)N1CCc2ccccc2C1. The molecule has 1 heterocycles. The molecule has 0 saturated carbocycles. The zero-order chi connectivity index (χ0) is 19.3. The zero-order valence-electron chi connectivity index (χ0n) is 16.2. The number of hydrogen-bond donors (Lipinski definition) is 1. The molecule has 0 saturated heterocycles. The molecule has 4 rings (SSSR count). The van der Waals surface area contributed by atoms with Gasteiger partial charge in [0.2, 0.25) is 0 Å². The first-order chi connectivity index (χ1) is 13.7. The van der Waals surface area contributed by atoms with E-state index in [1.54, 1.807) is 0 Å². The van der Waals surface area contributed by atoms with Crippen molar-refractivity contribution < 1.29 is 9.53 Å². The standard InChI is InChI=1S/C24H26N2O2/c1-18(26-13-12-20-7-3-5-9-22(20)16-26)15-25-24(27)17-28-23-11-10-19-6-2-4-8-21(19)14-23/h2-11,14,18H,12-13,15-17H2,1H3,(H,25,27)/t18-/m1/s1. The summed E-state index contributed by atoms with van der Waals surface area (Å²) in [5.74, 6) is 0.631. The molecule has 3 aromatic rings. The molecule has 0 radical (unpaired) electrons. The number of amides is 1. The van der Waals surface area contributed by atoms with E-state index in [2.05, 4.69) is 47.5 Å². The van der Waals surface area contributed by atoms with Crippen LogP contribution in [-0.2, 0) is 17.8 Å². The van der Waals surface area contributed by atoms with Crippen molar-refractivity contribution in [2.75, 3.05) is 19.7 Å². The molecule has 4 heteroatoms. The van der Waals surface area contributed by atoms with E-state index in [1.165, 1.54) is 11.1 Å². The lowest BCUT2D eigenvalue weighted by Crippen LogP contribution is -2.45. The number of rotatable bonds is 6. The van der Waals surface area contributed by atoms with Crippen molar-refractivity contribution in [2.45, 2.75) is 25.9 Å². The van der Waals surface area contributed by atoms with Gasteiger partial charge in [-0.2, -0.15) is 0 Å². The number of hydrogen-bond acceptors (Lipinski definition) is 3. The molecule has 28 heavy (non-hydrogen) atoms. The molecule has 0 aromatic heterocycles. The highest BCUT2D eigenvalue weighted by Gasteiger charge is 2.20. The quantitative estimate of drug-likeness (QED) is 0.714. The van der Waals surface area contributed by atoms with E-state index in [0.29, 0.717) is 6.54 Å². The maximum Gasteiger partial charge on any atom is 0.257 e. The first-order valence-corrected chi connectivity index (χ1v) is 9.88. The van der Waals surface area contributed by atoms with Crippen LogP contribution < -0.4 is 10.1 Å². The van der Waals surface area contributed by atoms with Gasteiger partial charge in [0.1, 0.15) is 5.75 Å². The Morgan fingerprint density at radius 3 is 2.64 bits per heavy atom. The van der Waals surface area contributed by atoms with Crippen LogP contribution >= 0.6 is 0 Å². The Labute approximate surface area is 166 Å². The second-order valence-corrected chi connectivity index (χ2v) is 7.44. The molecule has 0 bridgehead atoms. The van der Waals surface area contributed by atoms with Gasteiger partial charge in [0.05, 0.1) is 0 Å². The van der Waals surface area contributed by atoms with Gasteiger partial charge >= 0.3 is 0 Å². The maximum atomic E-state index is 12.2. The van der Waals surface area contributed by atoms with Gasteiger partial charge in [0.25, 0.3) is 5.91 Å². The van der Waals surface area contributed by atoms with E-state index in [4.69, 9.17) is 4.74 Å². The highest BCUT2D eigenvalue weighted by Crippen LogP contribution is 2.21. The number of carbonyl (C=O) groups excluding carboxylic acids is 1. The fourth-order valence-electron chi connectivity index (χ4n) is 3.74. The molecule has 1 atom stereocenters. The number of benzene rings is 3. The van der Waals surface area contributed by atoms with Crippen molar-refractivity contribution in [3.63, 3.8) is 0 Å². The number of carbonyl (C=O) groups is 1. The predicted octanol–water partition coefficient (Wildman–Crippen LogP) is 3.78. The van der Waals surface area contributed by atoms with Crippen LogP contribution in [0.4, 0.5) is 0 Å². The highest BCUT2D eigenvalue weighted by atomic mass is 16.5. The fourth-order valence-corrected chi connectivity index (χ4v) is 3.74. The number of nitrogens with one attached hydrogen (secondary N) is 1. The van der Waals surface area contributed by atoms with Crippen molar-refractivity contribution in [3.8, 4) is 5.75 Å². The van der Waals surface area contributed by atoms with Crippen LogP contribution in [-0.4, -0.2) is 36.5 Å². The monoisotopic (exact) mass is 374 g/mol. The molecule has 0 fully saturated rings. The van der Waals surface area contributed by atoms with Gasteiger partial charge in [-0.3, -0.25) is 9.69 Å². The van der Waals surface area contributed by atoms with E-state index in [1.807, 2.05) is 36.4 Å². The van der Waals surface area contributed by atoms with Crippen LogP contribution in [0.15, 0.2) is 66.7 Å². The predicted molar refractivity (Wildman–Crippen MR) is 112 cm³/mol. The van der Waals surface area contributed by atoms with Crippen LogP contribution in [0.1, 0.15) is 18.1 Å². The summed E-state index contributed by atoms with van der Waals surface area (Å²) < 4.78 is 5.67. The molecular formula is C24H26N2O2. The van der Waals surface area contributed by atoms with Crippen LogP contribution in [0, 0.1) is 0 Å². The molecule has 1 amide bonds. The molecule has 144 valence electrons. The second kappa shape index (κ2) is 8.44.